The van der Waals surface area contributed by atoms with E-state index in [2.05, 4.69) is 15.3 Å². The lowest BCUT2D eigenvalue weighted by molar-refractivity contribution is 0.230. The van der Waals surface area contributed by atoms with Crippen LogP contribution >= 0.6 is 0 Å². The molecule has 1 aliphatic rings. The van der Waals surface area contributed by atoms with Gasteiger partial charge in [0, 0.05) is 35.2 Å². The molecule has 25 heavy (non-hydrogen) atoms. The summed E-state index contributed by atoms with van der Waals surface area (Å²) in [5, 5.41) is 3.35. The number of benzene rings is 1. The van der Waals surface area contributed by atoms with E-state index in [0.29, 0.717) is 11.4 Å². The molecule has 0 spiro atoms. The van der Waals surface area contributed by atoms with Gasteiger partial charge in [-0.1, -0.05) is 30.3 Å². The Hall–Kier alpha value is -3.08. The van der Waals surface area contributed by atoms with Gasteiger partial charge >= 0.3 is 0 Å². The summed E-state index contributed by atoms with van der Waals surface area (Å²) in [6.07, 6.45) is 3.38. The standard InChI is InChI=1S/C20H19N3O2/c1-12(2)25-20-18-15(9-11-22-20)23-14-8-10-21-19(24)17(14)16(18)13-6-4-3-5-7-13/h3-12,16,23H,1-2H3,(H,21,24). The maximum atomic E-state index is 12.6. The molecule has 2 aromatic heterocycles. The molecule has 3 heterocycles. The average Bonchev–Trinajstić information content (AvgIpc) is 2.61. The molecular weight excluding hydrogens is 314 g/mol. The number of fused-ring (bicyclic) bond motifs is 2. The largest absolute Gasteiger partial charge is 0.475 e. The smallest absolute Gasteiger partial charge is 0.254 e. The molecule has 5 nitrogen and oxygen atoms in total. The lowest BCUT2D eigenvalue weighted by Crippen LogP contribution is -2.25. The van der Waals surface area contributed by atoms with Gasteiger partial charge < -0.3 is 15.0 Å². The SMILES string of the molecule is CC(C)Oc1nccc2c1C(c1ccccc1)c1c(cc[nH]c1=O)N2. The first-order valence-electron chi connectivity index (χ1n) is 8.34. The number of aromatic amines is 1. The van der Waals surface area contributed by atoms with E-state index in [-0.39, 0.29) is 17.6 Å². The van der Waals surface area contributed by atoms with Crippen LogP contribution in [0.1, 0.15) is 36.5 Å². The molecule has 0 fully saturated rings. The van der Waals surface area contributed by atoms with Crippen molar-refractivity contribution in [2.45, 2.75) is 25.9 Å². The molecule has 1 aliphatic heterocycles. The minimum absolute atomic E-state index is 0.00845. The molecule has 0 saturated carbocycles. The normalized spacial score (nSPS) is 15.2. The zero-order valence-corrected chi connectivity index (χ0v) is 14.1. The Bertz CT molecular complexity index is 964. The van der Waals surface area contributed by atoms with Gasteiger partial charge in [-0.3, -0.25) is 4.79 Å². The van der Waals surface area contributed by atoms with Crippen molar-refractivity contribution < 1.29 is 4.74 Å². The summed E-state index contributed by atoms with van der Waals surface area (Å²) in [6.45, 7) is 3.94. The lowest BCUT2D eigenvalue weighted by atomic mass is 9.82. The van der Waals surface area contributed by atoms with Crippen LogP contribution in [0.2, 0.25) is 0 Å². The van der Waals surface area contributed by atoms with Crippen molar-refractivity contribution in [3.8, 4) is 5.88 Å². The van der Waals surface area contributed by atoms with Gasteiger partial charge in [-0.25, -0.2) is 4.98 Å². The molecule has 0 bridgehead atoms. The predicted molar refractivity (Wildman–Crippen MR) is 97.7 cm³/mol. The Morgan fingerprint density at radius 1 is 1.04 bits per heavy atom. The lowest BCUT2D eigenvalue weighted by Gasteiger charge is -2.30. The van der Waals surface area contributed by atoms with Gasteiger partial charge in [0.05, 0.1) is 11.7 Å². The number of pyridine rings is 2. The molecule has 0 radical (unpaired) electrons. The molecule has 0 saturated heterocycles. The number of nitrogens with zero attached hydrogens (tertiary/aromatic N) is 1. The summed E-state index contributed by atoms with van der Waals surface area (Å²) < 4.78 is 5.96. The third-order valence-electron chi connectivity index (χ3n) is 4.28. The van der Waals surface area contributed by atoms with Crippen LogP contribution in [0, 0.1) is 0 Å². The minimum atomic E-state index is -0.236. The molecule has 4 rings (SSSR count). The van der Waals surface area contributed by atoms with Crippen LogP contribution in [0.3, 0.4) is 0 Å². The van der Waals surface area contributed by atoms with Gasteiger partial charge in [0.15, 0.2) is 0 Å². The van der Waals surface area contributed by atoms with Crippen molar-refractivity contribution in [1.29, 1.82) is 0 Å². The second-order valence-corrected chi connectivity index (χ2v) is 6.35. The summed E-state index contributed by atoms with van der Waals surface area (Å²) >= 11 is 0. The zero-order chi connectivity index (χ0) is 17.4. The fraction of sp³-hybridized carbons (Fsp3) is 0.200. The highest BCUT2D eigenvalue weighted by atomic mass is 16.5. The molecule has 126 valence electrons. The number of hydrogen-bond donors (Lipinski definition) is 2. The van der Waals surface area contributed by atoms with Gasteiger partial charge in [-0.15, -0.1) is 0 Å². The topological polar surface area (TPSA) is 67.0 Å². The Morgan fingerprint density at radius 2 is 1.80 bits per heavy atom. The van der Waals surface area contributed by atoms with Crippen molar-refractivity contribution >= 4 is 11.4 Å². The summed E-state index contributed by atoms with van der Waals surface area (Å²) in [7, 11) is 0. The van der Waals surface area contributed by atoms with Crippen molar-refractivity contribution in [1.82, 2.24) is 9.97 Å². The maximum absolute atomic E-state index is 12.6. The van der Waals surface area contributed by atoms with Crippen LogP contribution in [0.15, 0.2) is 59.7 Å². The van der Waals surface area contributed by atoms with E-state index in [0.717, 1.165) is 22.5 Å². The number of aromatic nitrogens is 2. The first-order valence-corrected chi connectivity index (χ1v) is 8.34. The third-order valence-corrected chi connectivity index (χ3v) is 4.28. The molecule has 0 aliphatic carbocycles. The van der Waals surface area contributed by atoms with Crippen molar-refractivity contribution in [2.24, 2.45) is 0 Å². The van der Waals surface area contributed by atoms with Crippen molar-refractivity contribution in [2.75, 3.05) is 5.32 Å². The minimum Gasteiger partial charge on any atom is -0.475 e. The molecule has 2 N–H and O–H groups in total. The maximum Gasteiger partial charge on any atom is 0.254 e. The monoisotopic (exact) mass is 333 g/mol. The molecule has 1 unspecified atom stereocenters. The van der Waals surface area contributed by atoms with E-state index in [4.69, 9.17) is 4.74 Å². The number of H-pyrrole nitrogens is 1. The highest BCUT2D eigenvalue weighted by molar-refractivity contribution is 5.76. The van der Waals surface area contributed by atoms with Gasteiger partial charge in [0.25, 0.3) is 5.56 Å². The molecule has 1 aromatic carbocycles. The van der Waals surface area contributed by atoms with E-state index >= 15 is 0 Å². The Kier molecular flexibility index (Phi) is 3.76. The molecule has 5 heteroatoms. The number of ether oxygens (including phenoxy) is 1. The molecule has 1 atom stereocenters. The van der Waals surface area contributed by atoms with Crippen LogP contribution < -0.4 is 15.6 Å². The van der Waals surface area contributed by atoms with Crippen LogP contribution in [-0.2, 0) is 0 Å². The Labute approximate surface area is 145 Å². The van der Waals surface area contributed by atoms with Gasteiger partial charge in [-0.05, 0) is 31.5 Å². The fourth-order valence-electron chi connectivity index (χ4n) is 3.31. The first kappa shape index (κ1) is 15.4. The van der Waals surface area contributed by atoms with E-state index in [9.17, 15) is 4.79 Å². The van der Waals surface area contributed by atoms with Gasteiger partial charge in [-0.2, -0.15) is 0 Å². The average molecular weight is 333 g/mol. The quantitative estimate of drug-likeness (QED) is 0.598. The van der Waals surface area contributed by atoms with Crippen LogP contribution in [-0.4, -0.2) is 16.1 Å². The van der Waals surface area contributed by atoms with Gasteiger partial charge in [0.1, 0.15) is 0 Å². The third kappa shape index (κ3) is 2.67. The number of anilines is 2. The van der Waals surface area contributed by atoms with Crippen molar-refractivity contribution in [3.05, 3.63) is 81.9 Å². The van der Waals surface area contributed by atoms with E-state index in [1.54, 1.807) is 12.4 Å². The summed E-state index contributed by atoms with van der Waals surface area (Å²) in [5.74, 6) is 0.322. The number of rotatable bonds is 3. The van der Waals surface area contributed by atoms with Crippen LogP contribution in [0.4, 0.5) is 11.4 Å². The van der Waals surface area contributed by atoms with E-state index in [1.807, 2.05) is 56.3 Å². The first-order chi connectivity index (χ1) is 12.1. The van der Waals surface area contributed by atoms with Crippen LogP contribution in [0.5, 0.6) is 5.88 Å². The zero-order valence-electron chi connectivity index (χ0n) is 14.1. The highest BCUT2D eigenvalue weighted by Gasteiger charge is 2.33. The summed E-state index contributed by atoms with van der Waals surface area (Å²) in [4.78, 5) is 19.9. The van der Waals surface area contributed by atoms with Crippen molar-refractivity contribution in [3.63, 3.8) is 0 Å². The predicted octanol–water partition coefficient (Wildman–Crippen LogP) is 3.79. The Balaban J connectivity index is 2.01. The van der Waals surface area contributed by atoms with Gasteiger partial charge in [0.2, 0.25) is 5.88 Å². The highest BCUT2D eigenvalue weighted by Crippen LogP contribution is 2.46. The number of nitrogens with one attached hydrogen (secondary N) is 2. The van der Waals surface area contributed by atoms with E-state index in [1.165, 1.54) is 0 Å². The number of hydrogen-bond acceptors (Lipinski definition) is 4. The second kappa shape index (κ2) is 6.09. The summed E-state index contributed by atoms with van der Waals surface area (Å²) in [6, 6.07) is 13.8. The molecular formula is C20H19N3O2. The van der Waals surface area contributed by atoms with Crippen LogP contribution in [0.25, 0.3) is 0 Å². The molecule has 3 aromatic rings. The van der Waals surface area contributed by atoms with E-state index < -0.39 is 0 Å². The fourth-order valence-corrected chi connectivity index (χ4v) is 3.31. The molecule has 0 amide bonds. The summed E-state index contributed by atoms with van der Waals surface area (Å²) in [5.41, 5.74) is 4.23. The Morgan fingerprint density at radius 3 is 2.56 bits per heavy atom. The second-order valence-electron chi connectivity index (χ2n) is 6.35.